The van der Waals surface area contributed by atoms with Crippen LogP contribution >= 0.6 is 23.2 Å². The number of methoxy groups -OCH3 is 2. The summed E-state index contributed by atoms with van der Waals surface area (Å²) in [6, 6.07) is 15.5. The number of sulfonamides is 1. The topological polar surface area (TPSA) is 84.9 Å². The maximum Gasteiger partial charge on any atom is 0.244 e. The molecule has 3 aromatic rings. The van der Waals surface area contributed by atoms with Crippen molar-refractivity contribution < 1.29 is 22.7 Å². The van der Waals surface area contributed by atoms with Gasteiger partial charge in [-0.3, -0.25) is 4.79 Å². The van der Waals surface area contributed by atoms with Crippen molar-refractivity contribution in [1.82, 2.24) is 4.31 Å². The Morgan fingerprint density at radius 3 is 2.35 bits per heavy atom. The third kappa shape index (κ3) is 4.72. The molecule has 3 aromatic carbocycles. The summed E-state index contributed by atoms with van der Waals surface area (Å²) in [7, 11) is -1.19. The highest BCUT2D eigenvalue weighted by atomic mass is 35.5. The van der Waals surface area contributed by atoms with E-state index in [1.807, 2.05) is 24.3 Å². The first-order valence-electron chi connectivity index (χ1n) is 10.3. The molecule has 0 fully saturated rings. The Kier molecular flexibility index (Phi) is 7.04. The third-order valence-electron chi connectivity index (χ3n) is 5.66. The van der Waals surface area contributed by atoms with Gasteiger partial charge in [0.2, 0.25) is 15.9 Å². The molecule has 1 heterocycles. The highest BCUT2D eigenvalue weighted by Crippen LogP contribution is 2.34. The van der Waals surface area contributed by atoms with Gasteiger partial charge >= 0.3 is 0 Å². The lowest BCUT2D eigenvalue weighted by molar-refractivity contribution is -0.120. The van der Waals surface area contributed by atoms with Gasteiger partial charge in [0.15, 0.2) is 11.5 Å². The molecule has 1 aliphatic rings. The summed E-state index contributed by atoms with van der Waals surface area (Å²) in [5.41, 5.74) is 2.09. The molecule has 4 rings (SSSR count). The molecule has 1 N–H and O–H groups in total. The van der Waals surface area contributed by atoms with Gasteiger partial charge in [0.05, 0.1) is 29.8 Å². The zero-order chi connectivity index (χ0) is 24.5. The van der Waals surface area contributed by atoms with Gasteiger partial charge in [0, 0.05) is 17.6 Å². The summed E-state index contributed by atoms with van der Waals surface area (Å²) >= 11 is 12.2. The fourth-order valence-electron chi connectivity index (χ4n) is 3.89. The Bertz CT molecular complexity index is 1350. The van der Waals surface area contributed by atoms with Crippen molar-refractivity contribution >= 4 is 44.8 Å². The molecule has 0 aliphatic carbocycles. The number of carbonyl (C=O) groups is 1. The predicted molar refractivity (Wildman–Crippen MR) is 131 cm³/mol. The van der Waals surface area contributed by atoms with Gasteiger partial charge in [-0.15, -0.1) is 0 Å². The smallest absolute Gasteiger partial charge is 0.244 e. The van der Waals surface area contributed by atoms with Gasteiger partial charge in [-0.2, -0.15) is 4.31 Å². The lowest BCUT2D eigenvalue weighted by atomic mass is 9.95. The van der Waals surface area contributed by atoms with Crippen molar-refractivity contribution in [1.29, 1.82) is 0 Å². The molecule has 0 saturated heterocycles. The number of carbonyl (C=O) groups excluding carboxylic acids is 1. The van der Waals surface area contributed by atoms with Crippen molar-refractivity contribution in [2.45, 2.75) is 23.9 Å². The zero-order valence-corrected chi connectivity index (χ0v) is 20.7. The van der Waals surface area contributed by atoms with Crippen LogP contribution in [0.25, 0.3) is 0 Å². The molecular formula is C24H22Cl2N2O5S. The molecule has 10 heteroatoms. The minimum absolute atomic E-state index is 0.00754. The number of nitrogens with zero attached hydrogens (tertiary/aromatic N) is 1. The lowest BCUT2D eigenvalue weighted by Gasteiger charge is -2.35. The molecule has 0 bridgehead atoms. The molecule has 34 heavy (non-hydrogen) atoms. The van der Waals surface area contributed by atoms with Crippen LogP contribution in [0.5, 0.6) is 11.5 Å². The van der Waals surface area contributed by atoms with Crippen molar-refractivity contribution in [3.63, 3.8) is 0 Å². The van der Waals surface area contributed by atoms with Crippen molar-refractivity contribution in [3.05, 3.63) is 81.8 Å². The number of benzene rings is 3. The van der Waals surface area contributed by atoms with Crippen LogP contribution in [-0.4, -0.2) is 38.9 Å². The zero-order valence-electron chi connectivity index (χ0n) is 18.4. The van der Waals surface area contributed by atoms with Gasteiger partial charge in [0.25, 0.3) is 0 Å². The van der Waals surface area contributed by atoms with Crippen LogP contribution in [0.4, 0.5) is 5.69 Å². The number of rotatable bonds is 6. The minimum atomic E-state index is -4.08. The highest BCUT2D eigenvalue weighted by Gasteiger charge is 2.40. The number of hydrogen-bond acceptors (Lipinski definition) is 5. The van der Waals surface area contributed by atoms with Gasteiger partial charge in [-0.1, -0.05) is 47.5 Å². The molecule has 0 spiro atoms. The maximum absolute atomic E-state index is 13.7. The third-order valence-corrected chi connectivity index (χ3v) is 8.06. The van der Waals surface area contributed by atoms with E-state index in [9.17, 15) is 13.2 Å². The van der Waals surface area contributed by atoms with Crippen LogP contribution in [0.15, 0.2) is 65.6 Å². The summed E-state index contributed by atoms with van der Waals surface area (Å²) in [5.74, 6) is 0.176. The van der Waals surface area contributed by atoms with E-state index in [-0.39, 0.29) is 28.6 Å². The Balaban J connectivity index is 1.74. The van der Waals surface area contributed by atoms with Crippen LogP contribution in [0.1, 0.15) is 11.1 Å². The van der Waals surface area contributed by atoms with Crippen LogP contribution < -0.4 is 14.8 Å². The molecule has 0 aromatic heterocycles. The number of anilines is 1. The van der Waals surface area contributed by atoms with E-state index in [0.717, 1.165) is 11.1 Å². The summed E-state index contributed by atoms with van der Waals surface area (Å²) < 4.78 is 39.2. The molecular weight excluding hydrogens is 499 g/mol. The summed E-state index contributed by atoms with van der Waals surface area (Å²) in [6.45, 7) is 0.0410. The molecule has 7 nitrogen and oxygen atoms in total. The molecule has 178 valence electrons. The molecule has 1 amide bonds. The summed E-state index contributed by atoms with van der Waals surface area (Å²) in [6.07, 6.45) is 0.208. The average molecular weight is 521 g/mol. The second-order valence-corrected chi connectivity index (χ2v) is 10.4. The second kappa shape index (κ2) is 9.84. The van der Waals surface area contributed by atoms with Crippen LogP contribution in [0.3, 0.4) is 0 Å². The maximum atomic E-state index is 13.7. The Morgan fingerprint density at radius 1 is 0.971 bits per heavy atom. The van der Waals surface area contributed by atoms with Crippen LogP contribution in [0, 0.1) is 0 Å². The van der Waals surface area contributed by atoms with E-state index in [4.69, 9.17) is 32.7 Å². The Morgan fingerprint density at radius 2 is 1.68 bits per heavy atom. The van der Waals surface area contributed by atoms with Gasteiger partial charge in [-0.05, 0) is 47.9 Å². The number of ether oxygens (including phenoxy) is 2. The number of nitrogens with one attached hydrogen (secondary N) is 1. The van der Waals surface area contributed by atoms with Crippen molar-refractivity contribution in [2.24, 2.45) is 0 Å². The van der Waals surface area contributed by atoms with Gasteiger partial charge in [-0.25, -0.2) is 8.42 Å². The largest absolute Gasteiger partial charge is 0.493 e. The molecule has 1 aliphatic heterocycles. The van der Waals surface area contributed by atoms with E-state index in [0.29, 0.717) is 16.5 Å². The van der Waals surface area contributed by atoms with Gasteiger partial charge in [0.1, 0.15) is 6.04 Å². The standard InChI is InChI=1S/C24H22Cl2N2O5S/c1-32-22-10-8-18(13-23(22)33-2)34(30,31)28-14-16-6-4-3-5-15(16)11-21(28)24(29)27-20-9-7-17(25)12-19(20)26/h3-10,12-13,21H,11,14H2,1-2H3,(H,27,29). The van der Waals surface area contributed by atoms with E-state index in [2.05, 4.69) is 5.32 Å². The fraction of sp³-hybridized carbons (Fsp3) is 0.208. The quantitative estimate of drug-likeness (QED) is 0.506. The Labute approximate surface area is 208 Å². The van der Waals surface area contributed by atoms with E-state index >= 15 is 0 Å². The first-order chi connectivity index (χ1) is 16.2. The first-order valence-corrected chi connectivity index (χ1v) is 12.5. The van der Waals surface area contributed by atoms with Crippen molar-refractivity contribution in [3.8, 4) is 11.5 Å². The van der Waals surface area contributed by atoms with Crippen molar-refractivity contribution in [2.75, 3.05) is 19.5 Å². The van der Waals surface area contributed by atoms with Crippen LogP contribution in [-0.2, 0) is 27.8 Å². The second-order valence-electron chi connectivity index (χ2n) is 7.67. The Hall–Kier alpha value is -2.78. The first kappa shape index (κ1) is 24.3. The lowest BCUT2D eigenvalue weighted by Crippen LogP contribution is -2.50. The average Bonchev–Trinajstić information content (AvgIpc) is 2.84. The van der Waals surface area contributed by atoms with E-state index in [1.54, 1.807) is 12.1 Å². The number of hydrogen-bond donors (Lipinski definition) is 1. The highest BCUT2D eigenvalue weighted by molar-refractivity contribution is 7.89. The summed E-state index contributed by atoms with van der Waals surface area (Å²) in [5, 5.41) is 3.43. The number of amides is 1. The van der Waals surface area contributed by atoms with E-state index < -0.39 is 22.0 Å². The molecule has 0 radical (unpaired) electrons. The molecule has 0 saturated carbocycles. The number of fused-ring (bicyclic) bond motifs is 1. The molecule has 1 unspecified atom stereocenters. The fourth-order valence-corrected chi connectivity index (χ4v) is 5.93. The number of halogens is 2. The van der Waals surface area contributed by atoms with Crippen LogP contribution in [0.2, 0.25) is 10.0 Å². The summed E-state index contributed by atoms with van der Waals surface area (Å²) in [4.78, 5) is 13.4. The monoisotopic (exact) mass is 520 g/mol. The molecule has 1 atom stereocenters. The normalized spacial score (nSPS) is 15.9. The van der Waals surface area contributed by atoms with E-state index in [1.165, 1.54) is 42.8 Å². The predicted octanol–water partition coefficient (Wildman–Crippen LogP) is 4.76. The minimum Gasteiger partial charge on any atom is -0.493 e. The SMILES string of the molecule is COc1ccc(S(=O)(=O)N2Cc3ccccc3CC2C(=O)Nc2ccc(Cl)cc2Cl)cc1OC. The van der Waals surface area contributed by atoms with Gasteiger partial charge < -0.3 is 14.8 Å².